The van der Waals surface area contributed by atoms with Gasteiger partial charge in [0.25, 0.3) is 0 Å². The maximum Gasteiger partial charge on any atom is 0.188 e. The summed E-state index contributed by atoms with van der Waals surface area (Å²) in [7, 11) is 1.53. The Morgan fingerprint density at radius 3 is 2.70 bits per heavy atom. The largest absolute Gasteiger partial charge is 0.467 e. The van der Waals surface area contributed by atoms with E-state index >= 15 is 0 Å². The van der Waals surface area contributed by atoms with Gasteiger partial charge in [0.1, 0.15) is 11.6 Å². The standard InChI is InChI=1S/C21H24FN5O2S/c1-13-24-10-19(30-13)14-9-18(29-12-28-3)15(8-16(14)22)17-4-5-20(26-25-17)27-7-6-21(2,23)11-27/h4-5,8-10H,6-7,11-12,23H2,1-3H3. The zero-order valence-corrected chi connectivity index (χ0v) is 18.0. The molecule has 0 bridgehead atoms. The molecule has 0 radical (unpaired) electrons. The van der Waals surface area contributed by atoms with Crippen LogP contribution in [0.1, 0.15) is 18.4 Å². The van der Waals surface area contributed by atoms with Gasteiger partial charge in [0.2, 0.25) is 0 Å². The summed E-state index contributed by atoms with van der Waals surface area (Å²) in [6.45, 7) is 5.51. The number of aryl methyl sites for hydroxylation is 1. The number of hydrogen-bond donors (Lipinski definition) is 1. The number of nitrogens with two attached hydrogens (primary N) is 1. The number of anilines is 1. The maximum absolute atomic E-state index is 15.0. The van der Waals surface area contributed by atoms with E-state index in [-0.39, 0.29) is 18.1 Å². The second kappa shape index (κ2) is 8.25. The first-order valence-corrected chi connectivity index (χ1v) is 10.4. The highest BCUT2D eigenvalue weighted by Gasteiger charge is 2.30. The molecule has 1 saturated heterocycles. The third-order valence-corrected chi connectivity index (χ3v) is 5.99. The van der Waals surface area contributed by atoms with Crippen molar-refractivity contribution in [3.8, 4) is 27.4 Å². The van der Waals surface area contributed by atoms with Crippen molar-refractivity contribution >= 4 is 17.2 Å². The Bertz CT molecular complexity index is 1040. The number of nitrogens with zero attached hydrogens (tertiary/aromatic N) is 4. The van der Waals surface area contributed by atoms with Crippen LogP contribution in [0, 0.1) is 12.7 Å². The van der Waals surface area contributed by atoms with Crippen molar-refractivity contribution in [2.45, 2.75) is 25.8 Å². The lowest BCUT2D eigenvalue weighted by molar-refractivity contribution is 0.0515. The van der Waals surface area contributed by atoms with Gasteiger partial charge in [-0.25, -0.2) is 9.37 Å². The van der Waals surface area contributed by atoms with E-state index < -0.39 is 0 Å². The highest BCUT2D eigenvalue weighted by molar-refractivity contribution is 7.15. The van der Waals surface area contributed by atoms with E-state index in [0.29, 0.717) is 22.6 Å². The molecule has 30 heavy (non-hydrogen) atoms. The lowest BCUT2D eigenvalue weighted by Crippen LogP contribution is -2.39. The Hall–Kier alpha value is -2.62. The Kier molecular flexibility index (Phi) is 5.68. The van der Waals surface area contributed by atoms with Crippen LogP contribution < -0.4 is 15.4 Å². The van der Waals surface area contributed by atoms with Crippen LogP contribution in [-0.4, -0.2) is 47.7 Å². The summed E-state index contributed by atoms with van der Waals surface area (Å²) >= 11 is 1.42. The minimum atomic E-state index is -0.372. The summed E-state index contributed by atoms with van der Waals surface area (Å²) < 4.78 is 25.7. The number of benzene rings is 1. The van der Waals surface area contributed by atoms with Crippen molar-refractivity contribution < 1.29 is 13.9 Å². The molecule has 0 amide bonds. The minimum Gasteiger partial charge on any atom is -0.467 e. The molecule has 0 saturated carbocycles. The van der Waals surface area contributed by atoms with Crippen LogP contribution in [0.25, 0.3) is 21.7 Å². The molecule has 2 aromatic heterocycles. The molecular formula is C21H24FN5O2S. The van der Waals surface area contributed by atoms with E-state index in [1.54, 1.807) is 12.3 Å². The first-order chi connectivity index (χ1) is 14.4. The molecule has 0 spiro atoms. The van der Waals surface area contributed by atoms with E-state index in [9.17, 15) is 4.39 Å². The number of thiazole rings is 1. The second-order valence-corrected chi connectivity index (χ2v) is 8.96. The smallest absolute Gasteiger partial charge is 0.188 e. The number of ether oxygens (including phenoxy) is 2. The van der Waals surface area contributed by atoms with Crippen molar-refractivity contribution in [1.29, 1.82) is 0 Å². The Balaban J connectivity index is 1.68. The average Bonchev–Trinajstić information content (AvgIpc) is 3.32. The summed E-state index contributed by atoms with van der Waals surface area (Å²) in [5, 5.41) is 9.53. The number of methoxy groups -OCH3 is 1. The van der Waals surface area contributed by atoms with Gasteiger partial charge >= 0.3 is 0 Å². The van der Waals surface area contributed by atoms with Crippen LogP contribution in [0.2, 0.25) is 0 Å². The van der Waals surface area contributed by atoms with Crippen molar-refractivity contribution in [3.63, 3.8) is 0 Å². The highest BCUT2D eigenvalue weighted by atomic mass is 32.1. The van der Waals surface area contributed by atoms with Gasteiger partial charge in [0.15, 0.2) is 12.6 Å². The molecular weight excluding hydrogens is 405 g/mol. The number of halogens is 1. The molecule has 4 rings (SSSR count). The van der Waals surface area contributed by atoms with Gasteiger partial charge < -0.3 is 20.1 Å². The van der Waals surface area contributed by atoms with Gasteiger partial charge in [-0.1, -0.05) is 0 Å². The van der Waals surface area contributed by atoms with E-state index in [2.05, 4.69) is 20.1 Å². The average molecular weight is 430 g/mol. The van der Waals surface area contributed by atoms with Gasteiger partial charge in [0, 0.05) is 43.1 Å². The fourth-order valence-electron chi connectivity index (χ4n) is 3.49. The lowest BCUT2D eigenvalue weighted by Gasteiger charge is -2.20. The van der Waals surface area contributed by atoms with Crippen molar-refractivity contribution in [2.24, 2.45) is 5.73 Å². The monoisotopic (exact) mass is 429 g/mol. The SMILES string of the molecule is COCOc1cc(-c2cnc(C)s2)c(F)cc1-c1ccc(N2CCC(C)(N)C2)nn1. The van der Waals surface area contributed by atoms with Crippen LogP contribution in [-0.2, 0) is 4.74 Å². The van der Waals surface area contributed by atoms with Crippen LogP contribution in [0.15, 0.2) is 30.5 Å². The Morgan fingerprint density at radius 2 is 2.10 bits per heavy atom. The van der Waals surface area contributed by atoms with Gasteiger partial charge in [0.05, 0.1) is 15.6 Å². The zero-order valence-electron chi connectivity index (χ0n) is 17.2. The summed E-state index contributed by atoms with van der Waals surface area (Å²) in [4.78, 5) is 7.06. The first kappa shape index (κ1) is 20.6. The molecule has 9 heteroatoms. The maximum atomic E-state index is 15.0. The van der Waals surface area contributed by atoms with Crippen LogP contribution in [0.3, 0.4) is 0 Å². The summed E-state index contributed by atoms with van der Waals surface area (Å²) in [5.41, 5.74) is 7.44. The summed E-state index contributed by atoms with van der Waals surface area (Å²) in [5.74, 6) is 0.851. The molecule has 1 fully saturated rings. The fourth-order valence-corrected chi connectivity index (χ4v) is 4.28. The predicted octanol–water partition coefficient (Wildman–Crippen LogP) is 3.62. The van der Waals surface area contributed by atoms with Gasteiger partial charge in [-0.15, -0.1) is 21.5 Å². The third-order valence-electron chi connectivity index (χ3n) is 5.04. The van der Waals surface area contributed by atoms with E-state index in [1.165, 1.54) is 24.5 Å². The zero-order chi connectivity index (χ0) is 21.3. The van der Waals surface area contributed by atoms with Gasteiger partial charge in [-0.05, 0) is 44.5 Å². The first-order valence-electron chi connectivity index (χ1n) is 9.62. The minimum absolute atomic E-state index is 0.0359. The molecule has 1 aliphatic heterocycles. The van der Waals surface area contributed by atoms with Crippen molar-refractivity contribution in [1.82, 2.24) is 15.2 Å². The number of aromatic nitrogens is 3. The van der Waals surface area contributed by atoms with Gasteiger partial charge in [-0.3, -0.25) is 0 Å². The topological polar surface area (TPSA) is 86.4 Å². The molecule has 3 heterocycles. The van der Waals surface area contributed by atoms with Crippen LogP contribution in [0.5, 0.6) is 5.75 Å². The normalized spacial score (nSPS) is 18.8. The van der Waals surface area contributed by atoms with Crippen LogP contribution >= 0.6 is 11.3 Å². The molecule has 158 valence electrons. The Labute approximate surface area is 178 Å². The summed E-state index contributed by atoms with van der Waals surface area (Å²) in [6.07, 6.45) is 2.56. The van der Waals surface area contributed by atoms with Gasteiger partial charge in [-0.2, -0.15) is 0 Å². The molecule has 7 nitrogen and oxygen atoms in total. The molecule has 2 N–H and O–H groups in total. The third kappa shape index (κ3) is 4.28. The predicted molar refractivity (Wildman–Crippen MR) is 115 cm³/mol. The highest BCUT2D eigenvalue weighted by Crippen LogP contribution is 2.37. The molecule has 0 aliphatic carbocycles. The van der Waals surface area contributed by atoms with E-state index in [0.717, 1.165) is 35.2 Å². The quantitative estimate of drug-likeness (QED) is 0.599. The lowest BCUT2D eigenvalue weighted by atomic mass is 10.0. The number of hydrogen-bond acceptors (Lipinski definition) is 8. The fraction of sp³-hybridized carbons (Fsp3) is 0.381. The number of rotatable bonds is 6. The second-order valence-electron chi connectivity index (χ2n) is 7.72. The Morgan fingerprint density at radius 1 is 1.27 bits per heavy atom. The molecule has 3 aromatic rings. The van der Waals surface area contributed by atoms with Crippen LogP contribution in [0.4, 0.5) is 10.2 Å². The molecule has 1 aromatic carbocycles. The van der Waals surface area contributed by atoms with E-state index in [1.807, 2.05) is 26.0 Å². The summed E-state index contributed by atoms with van der Waals surface area (Å²) in [6, 6.07) is 6.78. The van der Waals surface area contributed by atoms with E-state index in [4.69, 9.17) is 15.2 Å². The van der Waals surface area contributed by atoms with Crippen molar-refractivity contribution in [3.05, 3.63) is 41.3 Å². The molecule has 1 unspecified atom stereocenters. The van der Waals surface area contributed by atoms with Crippen molar-refractivity contribution in [2.75, 3.05) is 31.9 Å². The molecule has 1 atom stereocenters. The molecule has 1 aliphatic rings.